The van der Waals surface area contributed by atoms with Crippen molar-refractivity contribution in [1.82, 2.24) is 14.7 Å². The van der Waals surface area contributed by atoms with Gasteiger partial charge in [0.15, 0.2) is 0 Å². The Kier molecular flexibility index (Phi) is 5.51. The molecule has 29 heavy (non-hydrogen) atoms. The van der Waals surface area contributed by atoms with Crippen molar-refractivity contribution >= 4 is 40.4 Å². The van der Waals surface area contributed by atoms with Crippen LogP contribution in [-0.2, 0) is 0 Å². The number of carbonyl (C=O) groups is 4. The fourth-order valence-electron chi connectivity index (χ4n) is 3.29. The van der Waals surface area contributed by atoms with Gasteiger partial charge in [0, 0.05) is 36.3 Å². The molecule has 3 rings (SSSR count). The SMILES string of the molecule is CCN(C(=O)O)C(=O)Nc1cc2c3c(cccc3c1)C(=O)N(CCN(C)C)C2=O. The van der Waals surface area contributed by atoms with Gasteiger partial charge in [0.25, 0.3) is 11.8 Å². The maximum absolute atomic E-state index is 13.0. The minimum absolute atomic E-state index is 0.0164. The van der Waals surface area contributed by atoms with E-state index in [0.717, 1.165) is 0 Å². The van der Waals surface area contributed by atoms with Crippen molar-refractivity contribution in [1.29, 1.82) is 0 Å². The number of nitrogens with one attached hydrogen (secondary N) is 1. The number of imide groups is 2. The molecular weight excluding hydrogens is 376 g/mol. The number of anilines is 1. The Bertz CT molecular complexity index is 1020. The Balaban J connectivity index is 2.03. The lowest BCUT2D eigenvalue weighted by Crippen LogP contribution is -2.43. The molecule has 0 aliphatic carbocycles. The van der Waals surface area contributed by atoms with Crippen molar-refractivity contribution in [2.24, 2.45) is 0 Å². The van der Waals surface area contributed by atoms with E-state index in [1.54, 1.807) is 31.2 Å². The predicted octanol–water partition coefficient (Wildman–Crippen LogP) is 2.53. The quantitative estimate of drug-likeness (QED) is 0.749. The van der Waals surface area contributed by atoms with Crippen LogP contribution in [0.2, 0.25) is 0 Å². The Morgan fingerprint density at radius 1 is 1.10 bits per heavy atom. The zero-order valence-electron chi connectivity index (χ0n) is 16.4. The minimum atomic E-state index is -1.37. The second-order valence-electron chi connectivity index (χ2n) is 6.95. The summed E-state index contributed by atoms with van der Waals surface area (Å²) in [5.41, 5.74) is 1.00. The molecule has 0 fully saturated rings. The van der Waals surface area contributed by atoms with Crippen molar-refractivity contribution in [3.05, 3.63) is 41.5 Å². The van der Waals surface area contributed by atoms with E-state index in [1.165, 1.54) is 11.0 Å². The first-order valence-electron chi connectivity index (χ1n) is 9.13. The van der Waals surface area contributed by atoms with Gasteiger partial charge in [0.1, 0.15) is 0 Å². The summed E-state index contributed by atoms with van der Waals surface area (Å²) in [6, 6.07) is 7.41. The van der Waals surface area contributed by atoms with Gasteiger partial charge in [0.05, 0.1) is 5.56 Å². The molecule has 9 nitrogen and oxygen atoms in total. The molecule has 0 bridgehead atoms. The topological polar surface area (TPSA) is 110 Å². The van der Waals surface area contributed by atoms with Gasteiger partial charge in [-0.15, -0.1) is 0 Å². The maximum Gasteiger partial charge on any atom is 0.415 e. The van der Waals surface area contributed by atoms with Crippen LogP contribution in [0.15, 0.2) is 30.3 Å². The normalized spacial score (nSPS) is 13.2. The fourth-order valence-corrected chi connectivity index (χ4v) is 3.29. The number of hydrogen-bond donors (Lipinski definition) is 2. The number of benzene rings is 2. The van der Waals surface area contributed by atoms with E-state index in [-0.39, 0.29) is 24.7 Å². The first-order valence-corrected chi connectivity index (χ1v) is 9.13. The molecule has 0 aromatic heterocycles. The number of carboxylic acid groups (broad SMARTS) is 1. The third-order valence-corrected chi connectivity index (χ3v) is 4.74. The Morgan fingerprint density at radius 3 is 2.41 bits per heavy atom. The van der Waals surface area contributed by atoms with Crippen molar-refractivity contribution in [3.8, 4) is 0 Å². The van der Waals surface area contributed by atoms with E-state index in [4.69, 9.17) is 5.11 Å². The van der Waals surface area contributed by atoms with Crippen LogP contribution in [0, 0.1) is 0 Å². The third-order valence-electron chi connectivity index (χ3n) is 4.74. The van der Waals surface area contributed by atoms with Gasteiger partial charge in [-0.2, -0.15) is 0 Å². The van der Waals surface area contributed by atoms with E-state index in [2.05, 4.69) is 5.32 Å². The molecule has 1 aliphatic rings. The molecule has 1 heterocycles. The standard InChI is InChI=1S/C20H22N4O5/c1-4-23(20(28)29)19(27)21-13-10-12-6-5-7-14-16(12)15(11-13)18(26)24(17(14)25)9-8-22(2)3/h5-7,10-11H,4,8-9H2,1-3H3,(H,21,27)(H,28,29). The van der Waals surface area contributed by atoms with Crippen molar-refractivity contribution in [2.75, 3.05) is 39.0 Å². The molecular formula is C20H22N4O5. The highest BCUT2D eigenvalue weighted by Gasteiger charge is 2.33. The number of hydrogen-bond acceptors (Lipinski definition) is 5. The number of urea groups is 1. The Labute approximate surface area is 167 Å². The largest absolute Gasteiger partial charge is 0.465 e. The molecule has 0 spiro atoms. The molecule has 1 aliphatic heterocycles. The maximum atomic E-state index is 13.0. The summed E-state index contributed by atoms with van der Waals surface area (Å²) in [7, 11) is 3.70. The molecule has 2 aromatic carbocycles. The summed E-state index contributed by atoms with van der Waals surface area (Å²) in [6.07, 6.45) is -1.37. The highest BCUT2D eigenvalue weighted by molar-refractivity contribution is 6.26. The summed E-state index contributed by atoms with van der Waals surface area (Å²) in [5.74, 6) is -0.794. The monoisotopic (exact) mass is 398 g/mol. The van der Waals surface area contributed by atoms with Crippen LogP contribution in [0.25, 0.3) is 10.8 Å². The lowest BCUT2D eigenvalue weighted by atomic mass is 9.93. The number of nitrogens with zero attached hydrogens (tertiary/aromatic N) is 3. The summed E-state index contributed by atoms with van der Waals surface area (Å²) in [4.78, 5) is 53.0. The van der Waals surface area contributed by atoms with Crippen LogP contribution in [-0.4, -0.2) is 77.5 Å². The summed E-state index contributed by atoms with van der Waals surface area (Å²) in [6.45, 7) is 2.28. The van der Waals surface area contributed by atoms with Gasteiger partial charge in [-0.3, -0.25) is 14.5 Å². The molecule has 2 aromatic rings. The lowest BCUT2D eigenvalue weighted by molar-refractivity contribution is 0.0601. The zero-order chi connectivity index (χ0) is 21.3. The first-order chi connectivity index (χ1) is 13.7. The highest BCUT2D eigenvalue weighted by Crippen LogP contribution is 2.32. The van der Waals surface area contributed by atoms with Crippen LogP contribution in [0.4, 0.5) is 15.3 Å². The second kappa shape index (κ2) is 7.88. The minimum Gasteiger partial charge on any atom is -0.465 e. The third kappa shape index (κ3) is 3.77. The molecule has 2 N–H and O–H groups in total. The summed E-state index contributed by atoms with van der Waals surface area (Å²) < 4.78 is 0. The Morgan fingerprint density at radius 2 is 1.79 bits per heavy atom. The summed E-state index contributed by atoms with van der Waals surface area (Å²) >= 11 is 0. The summed E-state index contributed by atoms with van der Waals surface area (Å²) in [5, 5.41) is 12.8. The van der Waals surface area contributed by atoms with Crippen LogP contribution < -0.4 is 5.32 Å². The molecule has 0 unspecified atom stereocenters. The first kappa shape index (κ1) is 20.3. The Hall–Kier alpha value is -3.46. The lowest BCUT2D eigenvalue weighted by Gasteiger charge is -2.28. The van der Waals surface area contributed by atoms with Crippen LogP contribution in [0.3, 0.4) is 0 Å². The molecule has 9 heteroatoms. The smallest absolute Gasteiger partial charge is 0.415 e. The van der Waals surface area contributed by atoms with E-state index >= 15 is 0 Å². The highest BCUT2D eigenvalue weighted by atomic mass is 16.4. The molecule has 0 saturated carbocycles. The number of amides is 5. The van der Waals surface area contributed by atoms with Crippen LogP contribution in [0.1, 0.15) is 27.6 Å². The average molecular weight is 398 g/mol. The average Bonchev–Trinajstić information content (AvgIpc) is 2.65. The van der Waals surface area contributed by atoms with E-state index in [9.17, 15) is 19.2 Å². The molecule has 5 amide bonds. The van der Waals surface area contributed by atoms with Gasteiger partial charge in [-0.1, -0.05) is 12.1 Å². The van der Waals surface area contributed by atoms with Crippen molar-refractivity contribution in [2.45, 2.75) is 6.92 Å². The zero-order valence-corrected chi connectivity index (χ0v) is 16.4. The second-order valence-corrected chi connectivity index (χ2v) is 6.95. The molecule has 0 atom stereocenters. The van der Waals surface area contributed by atoms with Gasteiger partial charge >= 0.3 is 12.1 Å². The fraction of sp³-hybridized carbons (Fsp3) is 0.300. The number of carbonyl (C=O) groups excluding carboxylic acids is 3. The van der Waals surface area contributed by atoms with Gasteiger partial charge in [0.2, 0.25) is 0 Å². The van der Waals surface area contributed by atoms with Crippen LogP contribution in [0.5, 0.6) is 0 Å². The molecule has 152 valence electrons. The van der Waals surface area contributed by atoms with Gasteiger partial charge in [-0.05, 0) is 44.6 Å². The van der Waals surface area contributed by atoms with Gasteiger partial charge in [-0.25, -0.2) is 14.5 Å². The van der Waals surface area contributed by atoms with E-state index in [0.29, 0.717) is 33.3 Å². The van der Waals surface area contributed by atoms with Crippen molar-refractivity contribution < 1.29 is 24.3 Å². The number of likely N-dealkylation sites (N-methyl/N-ethyl adjacent to an activating group) is 1. The molecule has 0 radical (unpaired) electrons. The number of rotatable bonds is 5. The van der Waals surface area contributed by atoms with E-state index in [1.807, 2.05) is 19.0 Å². The van der Waals surface area contributed by atoms with E-state index < -0.39 is 18.0 Å². The van der Waals surface area contributed by atoms with Crippen LogP contribution >= 0.6 is 0 Å². The van der Waals surface area contributed by atoms with Crippen molar-refractivity contribution in [3.63, 3.8) is 0 Å². The predicted molar refractivity (Wildman–Crippen MR) is 107 cm³/mol. The van der Waals surface area contributed by atoms with Gasteiger partial charge < -0.3 is 15.3 Å². The molecule has 0 saturated heterocycles.